The molecule has 0 amide bonds. The first-order valence-electron chi connectivity index (χ1n) is 4.81. The fourth-order valence-electron chi connectivity index (χ4n) is 1.35. The molecule has 0 aromatic heterocycles. The van der Waals surface area contributed by atoms with Crippen molar-refractivity contribution < 1.29 is 4.74 Å². The van der Waals surface area contributed by atoms with E-state index < -0.39 is 0 Å². The number of halogens is 1. The molecule has 0 aliphatic carbocycles. The van der Waals surface area contributed by atoms with E-state index in [4.69, 9.17) is 10.5 Å². The maximum atomic E-state index is 5.93. The van der Waals surface area contributed by atoms with Crippen LogP contribution in [-0.4, -0.2) is 7.11 Å². The van der Waals surface area contributed by atoms with Crippen LogP contribution in [0.2, 0.25) is 0 Å². The molecule has 2 N–H and O–H groups in total. The first kappa shape index (κ1) is 11.6. The average molecular weight is 305 g/mol. The highest BCUT2D eigenvalue weighted by molar-refractivity contribution is 14.1. The molecule has 0 saturated heterocycles. The van der Waals surface area contributed by atoms with Crippen molar-refractivity contribution in [1.82, 2.24) is 0 Å². The number of rotatable bonds is 4. The van der Waals surface area contributed by atoms with Gasteiger partial charge in [0.05, 0.1) is 10.7 Å². The van der Waals surface area contributed by atoms with Gasteiger partial charge in [0.15, 0.2) is 0 Å². The van der Waals surface area contributed by atoms with Gasteiger partial charge in [-0.15, -0.1) is 0 Å². The van der Waals surface area contributed by atoms with Crippen molar-refractivity contribution in [1.29, 1.82) is 0 Å². The summed E-state index contributed by atoms with van der Waals surface area (Å²) in [7, 11) is 1.69. The summed E-state index contributed by atoms with van der Waals surface area (Å²) in [6.07, 6.45) is 3.40. The van der Waals surface area contributed by atoms with E-state index in [1.54, 1.807) is 7.11 Å². The fourth-order valence-corrected chi connectivity index (χ4v) is 2.06. The van der Waals surface area contributed by atoms with Crippen LogP contribution in [0.25, 0.3) is 0 Å². The number of nitrogens with two attached hydrogens (primary N) is 1. The third kappa shape index (κ3) is 2.77. The Morgan fingerprint density at radius 3 is 2.71 bits per heavy atom. The van der Waals surface area contributed by atoms with E-state index in [-0.39, 0.29) is 0 Å². The fraction of sp³-hybridized carbons (Fsp3) is 0.455. The monoisotopic (exact) mass is 305 g/mol. The molecular weight excluding hydrogens is 289 g/mol. The standard InChI is InChI=1S/C11H16INO/c1-3-4-5-8-6-11(14-2)9(12)7-10(8)13/h6-7H,3-5,13H2,1-2H3. The van der Waals surface area contributed by atoms with Gasteiger partial charge in [-0.05, 0) is 53.1 Å². The molecule has 0 bridgehead atoms. The second kappa shape index (κ2) is 5.44. The highest BCUT2D eigenvalue weighted by atomic mass is 127. The molecule has 0 unspecified atom stereocenters. The molecule has 3 heteroatoms. The van der Waals surface area contributed by atoms with Gasteiger partial charge in [0.1, 0.15) is 5.75 Å². The summed E-state index contributed by atoms with van der Waals surface area (Å²) in [5, 5.41) is 0. The quantitative estimate of drug-likeness (QED) is 0.685. The molecule has 1 aromatic carbocycles. The molecule has 0 radical (unpaired) electrons. The Morgan fingerprint density at radius 1 is 1.43 bits per heavy atom. The van der Waals surface area contributed by atoms with E-state index >= 15 is 0 Å². The van der Waals surface area contributed by atoms with Crippen LogP contribution in [0, 0.1) is 3.57 Å². The highest BCUT2D eigenvalue weighted by Gasteiger charge is 2.05. The zero-order valence-corrected chi connectivity index (χ0v) is 10.8. The lowest BCUT2D eigenvalue weighted by Crippen LogP contribution is -1.97. The first-order chi connectivity index (χ1) is 6.69. The number of hydrogen-bond acceptors (Lipinski definition) is 2. The molecule has 0 aliphatic heterocycles. The van der Waals surface area contributed by atoms with E-state index in [0.29, 0.717) is 0 Å². The molecule has 0 fully saturated rings. The number of anilines is 1. The largest absolute Gasteiger partial charge is 0.496 e. The SMILES string of the molecule is CCCCc1cc(OC)c(I)cc1N. The molecule has 2 nitrogen and oxygen atoms in total. The van der Waals surface area contributed by atoms with Crippen LogP contribution in [0.3, 0.4) is 0 Å². The lowest BCUT2D eigenvalue weighted by molar-refractivity contribution is 0.411. The van der Waals surface area contributed by atoms with Crippen LogP contribution in [0.15, 0.2) is 12.1 Å². The van der Waals surface area contributed by atoms with Crippen molar-refractivity contribution >= 4 is 28.3 Å². The van der Waals surface area contributed by atoms with E-state index in [1.807, 2.05) is 12.1 Å². The summed E-state index contributed by atoms with van der Waals surface area (Å²) >= 11 is 2.24. The van der Waals surface area contributed by atoms with E-state index in [9.17, 15) is 0 Å². The first-order valence-corrected chi connectivity index (χ1v) is 5.88. The normalized spacial score (nSPS) is 10.2. The van der Waals surface area contributed by atoms with Gasteiger partial charge in [0.25, 0.3) is 0 Å². The second-order valence-electron chi connectivity index (χ2n) is 3.29. The van der Waals surface area contributed by atoms with Gasteiger partial charge >= 0.3 is 0 Å². The van der Waals surface area contributed by atoms with Crippen molar-refractivity contribution in [3.63, 3.8) is 0 Å². The van der Waals surface area contributed by atoms with Crippen LogP contribution in [0.4, 0.5) is 5.69 Å². The molecule has 0 heterocycles. The van der Waals surface area contributed by atoms with Gasteiger partial charge in [-0.2, -0.15) is 0 Å². The van der Waals surface area contributed by atoms with Crippen LogP contribution in [0.1, 0.15) is 25.3 Å². The summed E-state index contributed by atoms with van der Waals surface area (Å²) in [4.78, 5) is 0. The number of benzene rings is 1. The van der Waals surface area contributed by atoms with Gasteiger partial charge in [0, 0.05) is 5.69 Å². The lowest BCUT2D eigenvalue weighted by Gasteiger charge is -2.09. The Morgan fingerprint density at radius 2 is 2.14 bits per heavy atom. The van der Waals surface area contributed by atoms with Gasteiger partial charge in [0.2, 0.25) is 0 Å². The summed E-state index contributed by atoms with van der Waals surface area (Å²) in [6.45, 7) is 2.18. The average Bonchev–Trinajstić information content (AvgIpc) is 2.17. The van der Waals surface area contributed by atoms with Crippen molar-refractivity contribution in [2.24, 2.45) is 0 Å². The number of ether oxygens (including phenoxy) is 1. The maximum absolute atomic E-state index is 5.93. The molecule has 0 aliphatic rings. The Labute approximate surface area is 99.0 Å². The molecule has 14 heavy (non-hydrogen) atoms. The summed E-state index contributed by atoms with van der Waals surface area (Å²) in [5.74, 6) is 0.922. The van der Waals surface area contributed by atoms with Crippen molar-refractivity contribution in [3.8, 4) is 5.75 Å². The minimum atomic E-state index is 0.878. The highest BCUT2D eigenvalue weighted by Crippen LogP contribution is 2.27. The van der Waals surface area contributed by atoms with Crippen molar-refractivity contribution in [3.05, 3.63) is 21.3 Å². The van der Waals surface area contributed by atoms with E-state index in [0.717, 1.165) is 21.4 Å². The smallest absolute Gasteiger partial charge is 0.132 e. The second-order valence-corrected chi connectivity index (χ2v) is 4.45. The Kier molecular flexibility index (Phi) is 4.51. The predicted molar refractivity (Wildman–Crippen MR) is 68.7 cm³/mol. The van der Waals surface area contributed by atoms with Crippen molar-refractivity contribution in [2.75, 3.05) is 12.8 Å². The third-order valence-corrected chi connectivity index (χ3v) is 3.06. The molecular formula is C11H16INO. The van der Waals surface area contributed by atoms with E-state index in [2.05, 4.69) is 29.5 Å². The number of hydrogen-bond donors (Lipinski definition) is 1. The molecule has 1 rings (SSSR count). The molecule has 0 atom stereocenters. The van der Waals surface area contributed by atoms with Crippen LogP contribution < -0.4 is 10.5 Å². The summed E-state index contributed by atoms with van der Waals surface area (Å²) in [6, 6.07) is 4.02. The predicted octanol–water partition coefficient (Wildman–Crippen LogP) is 3.22. The van der Waals surface area contributed by atoms with Gasteiger partial charge in [-0.3, -0.25) is 0 Å². The topological polar surface area (TPSA) is 35.2 Å². The zero-order valence-electron chi connectivity index (χ0n) is 8.64. The number of unbranched alkanes of at least 4 members (excludes halogenated alkanes) is 1. The summed E-state index contributed by atoms with van der Waals surface area (Å²) < 4.78 is 6.33. The van der Waals surface area contributed by atoms with Crippen molar-refractivity contribution in [2.45, 2.75) is 26.2 Å². The number of aryl methyl sites for hydroxylation is 1. The molecule has 0 saturated carbocycles. The number of nitrogen functional groups attached to an aromatic ring is 1. The third-order valence-electron chi connectivity index (χ3n) is 2.21. The van der Waals surface area contributed by atoms with Gasteiger partial charge < -0.3 is 10.5 Å². The number of methoxy groups -OCH3 is 1. The van der Waals surface area contributed by atoms with E-state index in [1.165, 1.54) is 18.4 Å². The van der Waals surface area contributed by atoms with Gasteiger partial charge in [-0.25, -0.2) is 0 Å². The Bertz CT molecular complexity index is 312. The summed E-state index contributed by atoms with van der Waals surface area (Å²) in [5.41, 5.74) is 8.00. The Balaban J connectivity index is 2.92. The van der Waals surface area contributed by atoms with Gasteiger partial charge in [-0.1, -0.05) is 13.3 Å². The minimum Gasteiger partial charge on any atom is -0.496 e. The molecule has 78 valence electrons. The lowest BCUT2D eigenvalue weighted by atomic mass is 10.1. The van der Waals surface area contributed by atoms with Crippen LogP contribution in [0.5, 0.6) is 5.75 Å². The minimum absolute atomic E-state index is 0.878. The van der Waals surface area contributed by atoms with Crippen LogP contribution in [-0.2, 0) is 6.42 Å². The van der Waals surface area contributed by atoms with Crippen LogP contribution >= 0.6 is 22.6 Å². The maximum Gasteiger partial charge on any atom is 0.132 e. The molecule has 0 spiro atoms. The Hall–Kier alpha value is -0.450. The molecule has 1 aromatic rings. The zero-order chi connectivity index (χ0) is 10.6.